The maximum atomic E-state index is 13.2. The van der Waals surface area contributed by atoms with Gasteiger partial charge in [-0.1, -0.05) is 35.9 Å². The lowest BCUT2D eigenvalue weighted by Crippen LogP contribution is -2.54. The molecule has 4 amide bonds. The average Bonchev–Trinajstić information content (AvgIpc) is 2.79. The summed E-state index contributed by atoms with van der Waals surface area (Å²) in [5, 5.41) is 2.26. The number of amides is 4. The van der Waals surface area contributed by atoms with Crippen LogP contribution in [0.15, 0.2) is 69.1 Å². The van der Waals surface area contributed by atoms with Crippen molar-refractivity contribution in [2.45, 2.75) is 27.4 Å². The van der Waals surface area contributed by atoms with Crippen molar-refractivity contribution < 1.29 is 19.1 Å². The van der Waals surface area contributed by atoms with Gasteiger partial charge in [0.25, 0.3) is 11.8 Å². The number of hydrogen-bond acceptors (Lipinski definition) is 4. The van der Waals surface area contributed by atoms with Gasteiger partial charge < -0.3 is 4.74 Å². The highest BCUT2D eigenvalue weighted by Gasteiger charge is 2.37. The average molecular weight is 598 g/mol. The van der Waals surface area contributed by atoms with Crippen molar-refractivity contribution in [3.63, 3.8) is 0 Å². The molecular weight excluding hydrogens is 576 g/mol. The Morgan fingerprint density at radius 2 is 1.54 bits per heavy atom. The molecule has 178 valence electrons. The van der Waals surface area contributed by atoms with Crippen LogP contribution in [0.4, 0.5) is 10.5 Å². The normalized spacial score (nSPS) is 14.9. The Hall–Kier alpha value is -3.23. The molecule has 35 heavy (non-hydrogen) atoms. The standard InChI is InChI=1S/C27H22Br2N2O4/c1-15-4-7-18(8-5-15)14-35-24-22(28)12-19(13-23(24)29)11-21-25(32)30-27(34)31(26(21)33)20-9-6-16(2)17(3)10-20/h4-13H,14H2,1-3H3,(H,30,32,34)/b21-11+. The largest absolute Gasteiger partial charge is 0.487 e. The molecule has 1 aliphatic rings. The minimum Gasteiger partial charge on any atom is -0.487 e. The second kappa shape index (κ2) is 10.2. The van der Waals surface area contributed by atoms with E-state index in [0.29, 0.717) is 32.6 Å². The molecule has 6 nitrogen and oxygen atoms in total. The van der Waals surface area contributed by atoms with E-state index in [4.69, 9.17) is 4.74 Å². The van der Waals surface area contributed by atoms with Gasteiger partial charge in [0.15, 0.2) is 0 Å². The third-order valence-corrected chi connectivity index (χ3v) is 6.86. The first kappa shape index (κ1) is 24.9. The zero-order valence-corrected chi connectivity index (χ0v) is 22.5. The first-order valence-corrected chi connectivity index (χ1v) is 12.4. The third-order valence-electron chi connectivity index (χ3n) is 5.69. The van der Waals surface area contributed by atoms with Gasteiger partial charge in [0.2, 0.25) is 0 Å². The minimum absolute atomic E-state index is 0.144. The Balaban J connectivity index is 1.61. The number of nitrogens with zero attached hydrogens (tertiary/aromatic N) is 1. The van der Waals surface area contributed by atoms with Gasteiger partial charge in [0.1, 0.15) is 17.9 Å². The van der Waals surface area contributed by atoms with Crippen molar-refractivity contribution in [2.24, 2.45) is 0 Å². The third kappa shape index (κ3) is 5.39. The molecule has 0 atom stereocenters. The van der Waals surface area contributed by atoms with Gasteiger partial charge in [-0.25, -0.2) is 9.69 Å². The van der Waals surface area contributed by atoms with E-state index >= 15 is 0 Å². The van der Waals surface area contributed by atoms with E-state index in [2.05, 4.69) is 37.2 Å². The van der Waals surface area contributed by atoms with Gasteiger partial charge in [0.05, 0.1) is 14.6 Å². The van der Waals surface area contributed by atoms with E-state index in [1.165, 1.54) is 11.6 Å². The summed E-state index contributed by atoms with van der Waals surface area (Å²) in [5.41, 5.74) is 5.00. The number of carbonyl (C=O) groups is 3. The Bertz CT molecular complexity index is 1360. The molecule has 0 bridgehead atoms. The van der Waals surface area contributed by atoms with Crippen LogP contribution in [0.25, 0.3) is 6.08 Å². The monoisotopic (exact) mass is 596 g/mol. The lowest BCUT2D eigenvalue weighted by molar-refractivity contribution is -0.122. The topological polar surface area (TPSA) is 75.7 Å². The summed E-state index contributed by atoms with van der Waals surface area (Å²) in [6.07, 6.45) is 1.46. The predicted octanol–water partition coefficient (Wildman–Crippen LogP) is 6.38. The Labute approximate surface area is 220 Å². The predicted molar refractivity (Wildman–Crippen MR) is 142 cm³/mol. The van der Waals surface area contributed by atoms with E-state index in [1.54, 1.807) is 24.3 Å². The van der Waals surface area contributed by atoms with Crippen LogP contribution in [-0.4, -0.2) is 17.8 Å². The molecule has 0 aromatic heterocycles. The second-order valence-electron chi connectivity index (χ2n) is 8.31. The lowest BCUT2D eigenvalue weighted by Gasteiger charge is -2.27. The highest BCUT2D eigenvalue weighted by atomic mass is 79.9. The zero-order chi connectivity index (χ0) is 25.3. The van der Waals surface area contributed by atoms with Crippen molar-refractivity contribution in [3.05, 3.63) is 96.9 Å². The van der Waals surface area contributed by atoms with Crippen molar-refractivity contribution in [1.82, 2.24) is 5.32 Å². The molecule has 1 N–H and O–H groups in total. The van der Waals surface area contributed by atoms with E-state index in [0.717, 1.165) is 21.6 Å². The second-order valence-corrected chi connectivity index (χ2v) is 10.0. The fourth-order valence-corrected chi connectivity index (χ4v) is 5.01. The summed E-state index contributed by atoms with van der Waals surface area (Å²) in [6, 6.07) is 16.0. The number of rotatable bonds is 5. The Morgan fingerprint density at radius 1 is 0.886 bits per heavy atom. The number of ether oxygens (including phenoxy) is 1. The first-order valence-electron chi connectivity index (χ1n) is 10.8. The van der Waals surface area contributed by atoms with Crippen molar-refractivity contribution in [2.75, 3.05) is 4.90 Å². The van der Waals surface area contributed by atoms with E-state index in [9.17, 15) is 14.4 Å². The molecule has 3 aromatic rings. The molecule has 1 fully saturated rings. The number of carbonyl (C=O) groups excluding carboxylic acids is 3. The van der Waals surface area contributed by atoms with Crippen LogP contribution >= 0.6 is 31.9 Å². The molecule has 4 rings (SSSR count). The fourth-order valence-electron chi connectivity index (χ4n) is 3.56. The molecule has 1 heterocycles. The number of anilines is 1. The van der Waals surface area contributed by atoms with E-state index in [1.807, 2.05) is 51.1 Å². The SMILES string of the molecule is Cc1ccc(COc2c(Br)cc(/C=C3\C(=O)NC(=O)N(c4ccc(C)c(C)c4)C3=O)cc2Br)cc1. The highest BCUT2D eigenvalue weighted by Crippen LogP contribution is 2.36. The van der Waals surface area contributed by atoms with Crippen LogP contribution in [0.5, 0.6) is 5.75 Å². The summed E-state index contributed by atoms with van der Waals surface area (Å²) < 4.78 is 7.28. The summed E-state index contributed by atoms with van der Waals surface area (Å²) >= 11 is 7.03. The molecule has 0 spiro atoms. The van der Waals surface area contributed by atoms with Crippen molar-refractivity contribution >= 4 is 61.5 Å². The Kier molecular flexibility index (Phi) is 7.23. The van der Waals surface area contributed by atoms with Gasteiger partial charge in [-0.3, -0.25) is 14.9 Å². The summed E-state index contributed by atoms with van der Waals surface area (Å²) in [6.45, 7) is 6.24. The fraction of sp³-hybridized carbons (Fsp3) is 0.148. The van der Waals surface area contributed by atoms with E-state index in [-0.39, 0.29) is 5.57 Å². The highest BCUT2D eigenvalue weighted by molar-refractivity contribution is 9.11. The Morgan fingerprint density at radius 3 is 2.17 bits per heavy atom. The van der Waals surface area contributed by atoms with Crippen LogP contribution in [0.1, 0.15) is 27.8 Å². The summed E-state index contributed by atoms with van der Waals surface area (Å²) in [7, 11) is 0. The number of hydrogen-bond donors (Lipinski definition) is 1. The quantitative estimate of drug-likeness (QED) is 0.273. The maximum absolute atomic E-state index is 13.2. The zero-order valence-electron chi connectivity index (χ0n) is 19.3. The van der Waals surface area contributed by atoms with Crippen LogP contribution in [0.2, 0.25) is 0 Å². The first-order chi connectivity index (χ1) is 16.6. The maximum Gasteiger partial charge on any atom is 0.335 e. The number of nitrogens with one attached hydrogen (secondary N) is 1. The number of aryl methyl sites for hydroxylation is 3. The molecule has 1 aliphatic heterocycles. The lowest BCUT2D eigenvalue weighted by atomic mass is 10.0. The summed E-state index contributed by atoms with van der Waals surface area (Å²) in [4.78, 5) is 39.2. The smallest absolute Gasteiger partial charge is 0.335 e. The molecule has 8 heteroatoms. The van der Waals surface area contributed by atoms with Crippen LogP contribution < -0.4 is 15.0 Å². The number of barbiturate groups is 1. The van der Waals surface area contributed by atoms with Crippen LogP contribution in [0, 0.1) is 20.8 Å². The van der Waals surface area contributed by atoms with Crippen LogP contribution in [0.3, 0.4) is 0 Å². The number of halogens is 2. The van der Waals surface area contributed by atoms with Gasteiger partial charge in [0, 0.05) is 0 Å². The van der Waals surface area contributed by atoms with Gasteiger partial charge in [-0.05, 0) is 105 Å². The van der Waals surface area contributed by atoms with E-state index < -0.39 is 17.8 Å². The molecule has 0 unspecified atom stereocenters. The molecule has 0 aliphatic carbocycles. The molecule has 3 aromatic carbocycles. The van der Waals surface area contributed by atoms with Gasteiger partial charge >= 0.3 is 6.03 Å². The molecule has 1 saturated heterocycles. The number of urea groups is 1. The van der Waals surface area contributed by atoms with Crippen molar-refractivity contribution in [1.29, 1.82) is 0 Å². The summed E-state index contributed by atoms with van der Waals surface area (Å²) in [5.74, 6) is -0.833. The minimum atomic E-state index is -0.775. The number of imide groups is 2. The molecule has 0 saturated carbocycles. The van der Waals surface area contributed by atoms with Crippen LogP contribution in [-0.2, 0) is 16.2 Å². The van der Waals surface area contributed by atoms with Gasteiger partial charge in [-0.2, -0.15) is 0 Å². The molecule has 0 radical (unpaired) electrons. The van der Waals surface area contributed by atoms with Crippen molar-refractivity contribution in [3.8, 4) is 5.75 Å². The molecular formula is C27H22Br2N2O4. The van der Waals surface area contributed by atoms with Gasteiger partial charge in [-0.15, -0.1) is 0 Å². The number of benzene rings is 3.